The van der Waals surface area contributed by atoms with Gasteiger partial charge in [-0.05, 0) is 68.8 Å². The molecule has 2 N–H and O–H groups in total. The van der Waals surface area contributed by atoms with Crippen LogP contribution in [0.2, 0.25) is 0 Å². The van der Waals surface area contributed by atoms with Crippen LogP contribution in [0, 0.1) is 11.3 Å². The van der Waals surface area contributed by atoms with Crippen LogP contribution < -0.4 is 15.4 Å². The van der Waals surface area contributed by atoms with Crippen LogP contribution in [0.5, 0.6) is 5.75 Å². The number of methoxy groups -OCH3 is 1. The predicted molar refractivity (Wildman–Crippen MR) is 99.4 cm³/mol. The van der Waals surface area contributed by atoms with E-state index in [0.717, 1.165) is 58.3 Å². The minimum atomic E-state index is 0.0295. The van der Waals surface area contributed by atoms with Gasteiger partial charge in [-0.3, -0.25) is 9.59 Å². The molecular formula is C20H27N3O3. The van der Waals surface area contributed by atoms with Crippen molar-refractivity contribution in [2.24, 2.45) is 11.3 Å². The summed E-state index contributed by atoms with van der Waals surface area (Å²) < 4.78 is 5.39. The van der Waals surface area contributed by atoms with Crippen molar-refractivity contribution in [1.82, 2.24) is 10.2 Å². The monoisotopic (exact) mass is 357 g/mol. The second-order valence-electron chi connectivity index (χ2n) is 7.77. The zero-order valence-corrected chi connectivity index (χ0v) is 15.3. The smallest absolute Gasteiger partial charge is 0.253 e. The van der Waals surface area contributed by atoms with Gasteiger partial charge in [0.15, 0.2) is 0 Å². The number of rotatable bonds is 4. The number of nitrogens with one attached hydrogen (secondary N) is 2. The van der Waals surface area contributed by atoms with Crippen molar-refractivity contribution in [3.8, 4) is 5.75 Å². The van der Waals surface area contributed by atoms with Gasteiger partial charge in [0.2, 0.25) is 5.91 Å². The molecule has 2 heterocycles. The van der Waals surface area contributed by atoms with Gasteiger partial charge in [0.1, 0.15) is 5.75 Å². The quantitative estimate of drug-likeness (QED) is 0.867. The Bertz CT molecular complexity index is 706. The summed E-state index contributed by atoms with van der Waals surface area (Å²) in [4.78, 5) is 27.3. The van der Waals surface area contributed by atoms with Gasteiger partial charge in [-0.1, -0.05) is 0 Å². The molecular weight excluding hydrogens is 330 g/mol. The summed E-state index contributed by atoms with van der Waals surface area (Å²) in [6.45, 7) is 3.61. The van der Waals surface area contributed by atoms with Crippen molar-refractivity contribution in [2.75, 3.05) is 38.6 Å². The Morgan fingerprint density at radius 1 is 1.23 bits per heavy atom. The molecule has 4 rings (SSSR count). The molecule has 1 aromatic carbocycles. The average molecular weight is 357 g/mol. The first kappa shape index (κ1) is 17.3. The average Bonchev–Trinajstić information content (AvgIpc) is 3.09. The standard InChI is InChI=1S/C20H27N3O3/c1-26-17-5-4-14(19(25)23-10-2-3-11-23)12-16(17)22-18(24)15-13-20(15)6-8-21-9-7-20/h4-5,12,15,21H,2-3,6-11,13H2,1H3,(H,22,24). The lowest BCUT2D eigenvalue weighted by atomic mass is 9.92. The molecule has 2 amide bonds. The second-order valence-corrected chi connectivity index (χ2v) is 7.77. The van der Waals surface area contributed by atoms with Gasteiger partial charge in [-0.15, -0.1) is 0 Å². The number of anilines is 1. The number of ether oxygens (including phenoxy) is 1. The number of piperidine rings is 1. The molecule has 140 valence electrons. The molecule has 3 aliphatic rings. The van der Waals surface area contributed by atoms with E-state index in [1.54, 1.807) is 25.3 Å². The highest BCUT2D eigenvalue weighted by molar-refractivity contribution is 6.00. The number of carbonyl (C=O) groups excluding carboxylic acids is 2. The van der Waals surface area contributed by atoms with Crippen LogP contribution in [0.4, 0.5) is 5.69 Å². The molecule has 0 bridgehead atoms. The van der Waals surface area contributed by atoms with Crippen molar-refractivity contribution >= 4 is 17.5 Å². The lowest BCUT2D eigenvalue weighted by molar-refractivity contribution is -0.118. The van der Waals surface area contributed by atoms with Gasteiger partial charge in [-0.2, -0.15) is 0 Å². The molecule has 3 fully saturated rings. The maximum Gasteiger partial charge on any atom is 0.253 e. The maximum atomic E-state index is 12.8. The van der Waals surface area contributed by atoms with Crippen molar-refractivity contribution in [1.29, 1.82) is 0 Å². The fourth-order valence-electron chi connectivity index (χ4n) is 4.46. The first-order valence-corrected chi connectivity index (χ1v) is 9.62. The van der Waals surface area contributed by atoms with E-state index in [-0.39, 0.29) is 23.1 Å². The molecule has 1 saturated carbocycles. The number of hydrogen-bond donors (Lipinski definition) is 2. The summed E-state index contributed by atoms with van der Waals surface area (Å²) in [7, 11) is 1.58. The van der Waals surface area contributed by atoms with Gasteiger partial charge in [-0.25, -0.2) is 0 Å². The van der Waals surface area contributed by atoms with Gasteiger partial charge >= 0.3 is 0 Å². The molecule has 2 saturated heterocycles. The fraction of sp³-hybridized carbons (Fsp3) is 0.600. The maximum absolute atomic E-state index is 12.8. The zero-order valence-electron chi connectivity index (χ0n) is 15.3. The van der Waals surface area contributed by atoms with E-state index in [0.29, 0.717) is 17.0 Å². The molecule has 1 unspecified atom stereocenters. The molecule has 1 spiro atoms. The first-order valence-electron chi connectivity index (χ1n) is 9.62. The van der Waals surface area contributed by atoms with Crippen LogP contribution in [-0.2, 0) is 4.79 Å². The van der Waals surface area contributed by atoms with E-state index in [9.17, 15) is 9.59 Å². The zero-order chi connectivity index (χ0) is 18.1. The van der Waals surface area contributed by atoms with Crippen LogP contribution >= 0.6 is 0 Å². The lowest BCUT2D eigenvalue weighted by Gasteiger charge is -2.23. The molecule has 0 radical (unpaired) electrons. The Labute approximate surface area is 154 Å². The van der Waals surface area contributed by atoms with Crippen LogP contribution in [-0.4, -0.2) is 50.0 Å². The number of hydrogen-bond acceptors (Lipinski definition) is 4. The molecule has 26 heavy (non-hydrogen) atoms. The molecule has 6 nitrogen and oxygen atoms in total. The van der Waals surface area contributed by atoms with Gasteiger partial charge in [0.25, 0.3) is 5.91 Å². The highest BCUT2D eigenvalue weighted by Gasteiger charge is 2.57. The SMILES string of the molecule is COc1ccc(C(=O)N2CCCC2)cc1NC(=O)C1CC12CCNCC2. The Morgan fingerprint density at radius 2 is 1.96 bits per heavy atom. The minimum absolute atomic E-state index is 0.0295. The Hall–Kier alpha value is -2.08. The highest BCUT2D eigenvalue weighted by atomic mass is 16.5. The topological polar surface area (TPSA) is 70.7 Å². The van der Waals surface area contributed by atoms with Crippen molar-refractivity contribution in [2.45, 2.75) is 32.1 Å². The predicted octanol–water partition coefficient (Wildman–Crippen LogP) is 2.26. The van der Waals surface area contributed by atoms with Gasteiger partial charge in [0, 0.05) is 24.6 Å². The summed E-state index contributed by atoms with van der Waals surface area (Å²) in [6, 6.07) is 5.31. The largest absolute Gasteiger partial charge is 0.495 e. The Kier molecular flexibility index (Phi) is 4.61. The van der Waals surface area contributed by atoms with E-state index in [2.05, 4.69) is 10.6 Å². The van der Waals surface area contributed by atoms with E-state index < -0.39 is 0 Å². The van der Waals surface area contributed by atoms with Gasteiger partial charge in [0.05, 0.1) is 12.8 Å². The fourth-order valence-corrected chi connectivity index (χ4v) is 4.46. The summed E-state index contributed by atoms with van der Waals surface area (Å²) in [6.07, 6.45) is 5.22. The lowest BCUT2D eigenvalue weighted by Crippen LogP contribution is -2.31. The van der Waals surface area contributed by atoms with Gasteiger partial charge < -0.3 is 20.3 Å². The first-order chi connectivity index (χ1) is 12.6. The summed E-state index contributed by atoms with van der Waals surface area (Å²) >= 11 is 0. The molecule has 1 atom stereocenters. The summed E-state index contributed by atoms with van der Waals surface area (Å²) in [5.74, 6) is 0.751. The van der Waals surface area contributed by atoms with E-state index in [1.165, 1.54) is 0 Å². The summed E-state index contributed by atoms with van der Waals surface area (Å²) in [5.41, 5.74) is 1.39. The van der Waals surface area contributed by atoms with E-state index in [1.807, 2.05) is 4.90 Å². The molecule has 1 aliphatic carbocycles. The normalized spacial score (nSPS) is 23.7. The number of amides is 2. The molecule has 1 aromatic rings. The van der Waals surface area contributed by atoms with Crippen molar-refractivity contribution in [3.63, 3.8) is 0 Å². The van der Waals surface area contributed by atoms with Crippen LogP contribution in [0.1, 0.15) is 42.5 Å². The third-order valence-electron chi connectivity index (χ3n) is 6.20. The number of likely N-dealkylation sites (tertiary alicyclic amines) is 1. The van der Waals surface area contributed by atoms with Crippen LogP contribution in [0.15, 0.2) is 18.2 Å². The third kappa shape index (κ3) is 3.18. The van der Waals surface area contributed by atoms with E-state index >= 15 is 0 Å². The minimum Gasteiger partial charge on any atom is -0.495 e. The summed E-state index contributed by atoms with van der Waals surface area (Å²) in [5, 5.41) is 6.39. The highest BCUT2D eigenvalue weighted by Crippen LogP contribution is 2.58. The Morgan fingerprint density at radius 3 is 2.65 bits per heavy atom. The number of nitrogens with zero attached hydrogens (tertiary/aromatic N) is 1. The number of benzene rings is 1. The second kappa shape index (κ2) is 6.91. The molecule has 0 aromatic heterocycles. The number of carbonyl (C=O) groups is 2. The van der Waals surface area contributed by atoms with Crippen molar-refractivity contribution < 1.29 is 14.3 Å². The van der Waals surface area contributed by atoms with Crippen LogP contribution in [0.25, 0.3) is 0 Å². The van der Waals surface area contributed by atoms with E-state index in [4.69, 9.17) is 4.74 Å². The Balaban J connectivity index is 1.49. The van der Waals surface area contributed by atoms with Crippen molar-refractivity contribution in [3.05, 3.63) is 23.8 Å². The molecule has 2 aliphatic heterocycles. The third-order valence-corrected chi connectivity index (χ3v) is 6.20. The van der Waals surface area contributed by atoms with Crippen LogP contribution in [0.3, 0.4) is 0 Å². The molecule has 6 heteroatoms.